The first-order valence-electron chi connectivity index (χ1n) is 5.45. The van der Waals surface area contributed by atoms with Gasteiger partial charge in [0.15, 0.2) is 0 Å². The third kappa shape index (κ3) is 3.92. The second-order valence-corrected chi connectivity index (χ2v) is 4.16. The minimum Gasteiger partial charge on any atom is -0.390 e. The van der Waals surface area contributed by atoms with Gasteiger partial charge in [0, 0.05) is 5.56 Å². The van der Waals surface area contributed by atoms with Crippen LogP contribution in [-0.4, -0.2) is 29.9 Å². The number of nitrogens with one attached hydrogen (secondary N) is 1. The van der Waals surface area contributed by atoms with Crippen LogP contribution in [0.25, 0.3) is 0 Å². The average Bonchev–Trinajstić information content (AvgIpc) is 2.34. The van der Waals surface area contributed by atoms with Gasteiger partial charge in [-0.05, 0) is 31.6 Å². The van der Waals surface area contributed by atoms with Crippen LogP contribution in [0.4, 0.5) is 4.39 Å². The Labute approximate surface area is 105 Å². The highest BCUT2D eigenvalue weighted by Gasteiger charge is 2.18. The Morgan fingerprint density at radius 1 is 1.41 bits per heavy atom. The third-order valence-corrected chi connectivity index (χ3v) is 2.91. The van der Waals surface area contributed by atoms with Gasteiger partial charge in [0.1, 0.15) is 11.9 Å². The predicted molar refractivity (Wildman–Crippen MR) is 65.5 cm³/mol. The smallest absolute Gasteiger partial charge is 0.127 e. The second kappa shape index (κ2) is 6.91. The first-order chi connectivity index (χ1) is 8.10. The van der Waals surface area contributed by atoms with E-state index < -0.39 is 18.0 Å². The fraction of sp³-hybridized carbons (Fsp3) is 0.500. The molecule has 0 saturated heterocycles. The molecule has 0 aliphatic rings. The van der Waals surface area contributed by atoms with Gasteiger partial charge in [-0.3, -0.25) is 0 Å². The van der Waals surface area contributed by atoms with Crippen molar-refractivity contribution in [2.45, 2.75) is 24.5 Å². The summed E-state index contributed by atoms with van der Waals surface area (Å²) < 4.78 is 13.4. The standard InChI is InChI=1S/C12H17ClFNO2/c1-15-5-4-11(16)12(17)8-2-3-9(7-13)10(14)6-8/h2-3,6,11-12,15-17H,4-5,7H2,1H3. The highest BCUT2D eigenvalue weighted by atomic mass is 35.5. The Morgan fingerprint density at radius 2 is 2.12 bits per heavy atom. The lowest BCUT2D eigenvalue weighted by Gasteiger charge is -2.18. The van der Waals surface area contributed by atoms with Crippen molar-refractivity contribution in [2.75, 3.05) is 13.6 Å². The summed E-state index contributed by atoms with van der Waals surface area (Å²) in [6.45, 7) is 0.584. The molecule has 0 saturated carbocycles. The van der Waals surface area contributed by atoms with Crippen LogP contribution in [0.1, 0.15) is 23.7 Å². The van der Waals surface area contributed by atoms with E-state index in [1.165, 1.54) is 12.1 Å². The molecule has 0 radical (unpaired) electrons. The number of aliphatic hydroxyl groups excluding tert-OH is 2. The molecule has 0 fully saturated rings. The monoisotopic (exact) mass is 261 g/mol. The molecule has 0 aromatic heterocycles. The summed E-state index contributed by atoms with van der Waals surface area (Å²) in [4.78, 5) is 0. The lowest BCUT2D eigenvalue weighted by atomic mass is 10.0. The van der Waals surface area contributed by atoms with Crippen molar-refractivity contribution in [3.8, 4) is 0 Å². The van der Waals surface area contributed by atoms with Crippen molar-refractivity contribution in [3.05, 3.63) is 35.1 Å². The quantitative estimate of drug-likeness (QED) is 0.682. The van der Waals surface area contributed by atoms with Gasteiger partial charge in [0.05, 0.1) is 12.0 Å². The van der Waals surface area contributed by atoms with Gasteiger partial charge in [0.2, 0.25) is 0 Å². The fourth-order valence-electron chi connectivity index (χ4n) is 1.53. The Kier molecular flexibility index (Phi) is 5.85. The van der Waals surface area contributed by atoms with Crippen LogP contribution in [0, 0.1) is 5.82 Å². The summed E-state index contributed by atoms with van der Waals surface area (Å²) in [5, 5.41) is 22.4. The summed E-state index contributed by atoms with van der Waals surface area (Å²) in [7, 11) is 1.76. The molecule has 96 valence electrons. The number of hydrogen-bond acceptors (Lipinski definition) is 3. The minimum atomic E-state index is -1.08. The van der Waals surface area contributed by atoms with Crippen molar-refractivity contribution < 1.29 is 14.6 Å². The fourth-order valence-corrected chi connectivity index (χ4v) is 1.74. The van der Waals surface area contributed by atoms with Gasteiger partial charge in [-0.2, -0.15) is 0 Å². The van der Waals surface area contributed by atoms with E-state index in [2.05, 4.69) is 5.32 Å². The van der Waals surface area contributed by atoms with Gasteiger partial charge < -0.3 is 15.5 Å². The van der Waals surface area contributed by atoms with E-state index >= 15 is 0 Å². The lowest BCUT2D eigenvalue weighted by molar-refractivity contribution is 0.0139. The number of hydrogen-bond donors (Lipinski definition) is 3. The van der Waals surface area contributed by atoms with Crippen LogP contribution in [-0.2, 0) is 5.88 Å². The van der Waals surface area contributed by atoms with E-state index in [1.807, 2.05) is 0 Å². The average molecular weight is 262 g/mol. The van der Waals surface area contributed by atoms with Gasteiger partial charge >= 0.3 is 0 Å². The van der Waals surface area contributed by atoms with Gasteiger partial charge in [-0.1, -0.05) is 12.1 Å². The number of rotatable bonds is 6. The van der Waals surface area contributed by atoms with Crippen molar-refractivity contribution >= 4 is 11.6 Å². The summed E-state index contributed by atoms with van der Waals surface area (Å²) >= 11 is 5.54. The minimum absolute atomic E-state index is 0.0878. The van der Waals surface area contributed by atoms with Gasteiger partial charge in [0.25, 0.3) is 0 Å². The van der Waals surface area contributed by atoms with E-state index in [9.17, 15) is 14.6 Å². The Hall–Kier alpha value is -0.680. The van der Waals surface area contributed by atoms with Crippen LogP contribution in [0.2, 0.25) is 0 Å². The van der Waals surface area contributed by atoms with Crippen LogP contribution in [0.5, 0.6) is 0 Å². The number of halogens is 2. The normalized spacial score (nSPS) is 14.6. The van der Waals surface area contributed by atoms with Crippen molar-refractivity contribution in [2.24, 2.45) is 0 Å². The molecule has 3 N–H and O–H groups in total. The first kappa shape index (κ1) is 14.4. The molecule has 2 unspecified atom stereocenters. The molecule has 0 heterocycles. The molecule has 0 aliphatic heterocycles. The summed E-state index contributed by atoms with van der Waals surface area (Å²) in [6, 6.07) is 4.31. The molecule has 0 spiro atoms. The zero-order chi connectivity index (χ0) is 12.8. The Morgan fingerprint density at radius 3 is 2.65 bits per heavy atom. The number of benzene rings is 1. The van der Waals surface area contributed by atoms with Crippen molar-refractivity contribution in [1.82, 2.24) is 5.32 Å². The van der Waals surface area contributed by atoms with Crippen LogP contribution < -0.4 is 5.32 Å². The maximum absolute atomic E-state index is 13.4. The summed E-state index contributed by atoms with van der Waals surface area (Å²) in [6.07, 6.45) is -1.60. The zero-order valence-corrected chi connectivity index (χ0v) is 10.4. The van der Waals surface area contributed by atoms with Crippen LogP contribution in [0.3, 0.4) is 0 Å². The Balaban J connectivity index is 2.74. The molecule has 2 atom stereocenters. The summed E-state index contributed by atoms with van der Waals surface area (Å²) in [5.74, 6) is -0.373. The lowest BCUT2D eigenvalue weighted by Crippen LogP contribution is -2.23. The molecule has 1 rings (SSSR count). The molecule has 1 aromatic rings. The van der Waals surface area contributed by atoms with E-state index in [4.69, 9.17) is 11.6 Å². The summed E-state index contributed by atoms with van der Waals surface area (Å²) in [5.41, 5.74) is 0.743. The molecule has 0 bridgehead atoms. The topological polar surface area (TPSA) is 52.5 Å². The molecule has 1 aromatic carbocycles. The third-order valence-electron chi connectivity index (χ3n) is 2.62. The van der Waals surface area contributed by atoms with Crippen LogP contribution >= 0.6 is 11.6 Å². The zero-order valence-electron chi connectivity index (χ0n) is 9.66. The predicted octanol–water partition coefficient (Wildman–Crippen LogP) is 1.57. The van der Waals surface area contributed by atoms with Crippen LogP contribution in [0.15, 0.2) is 18.2 Å². The molecule has 3 nitrogen and oxygen atoms in total. The van der Waals surface area contributed by atoms with Crippen molar-refractivity contribution in [1.29, 1.82) is 0 Å². The van der Waals surface area contributed by atoms with Gasteiger partial charge in [-0.25, -0.2) is 4.39 Å². The maximum Gasteiger partial charge on any atom is 0.127 e. The van der Waals surface area contributed by atoms with Gasteiger partial charge in [-0.15, -0.1) is 11.6 Å². The van der Waals surface area contributed by atoms with E-state index in [-0.39, 0.29) is 5.88 Å². The van der Waals surface area contributed by atoms with Crippen molar-refractivity contribution in [3.63, 3.8) is 0 Å². The highest BCUT2D eigenvalue weighted by molar-refractivity contribution is 6.17. The number of aliphatic hydroxyl groups is 2. The molecule has 0 amide bonds. The second-order valence-electron chi connectivity index (χ2n) is 3.89. The molecule has 17 heavy (non-hydrogen) atoms. The first-order valence-corrected chi connectivity index (χ1v) is 5.98. The molecule has 5 heteroatoms. The maximum atomic E-state index is 13.4. The van der Waals surface area contributed by atoms with E-state index in [1.54, 1.807) is 13.1 Å². The number of alkyl halides is 1. The Bertz CT molecular complexity index is 362. The SMILES string of the molecule is CNCCC(O)C(O)c1ccc(CCl)c(F)c1. The van der Waals surface area contributed by atoms with E-state index in [0.717, 1.165) is 0 Å². The molecule has 0 aliphatic carbocycles. The molecular formula is C12H17ClFNO2. The van der Waals surface area contributed by atoms with E-state index in [0.29, 0.717) is 24.1 Å². The highest BCUT2D eigenvalue weighted by Crippen LogP contribution is 2.22. The molecular weight excluding hydrogens is 245 g/mol. The largest absolute Gasteiger partial charge is 0.390 e.